The summed E-state index contributed by atoms with van der Waals surface area (Å²) in [5.41, 5.74) is 0. The standard InChI is InChI=1S/C12H18S10/c1-5-13-11(14-6-2)21-19-9-17-18-10-20-22-12(15-7-3)16-8-4/h5-8,11-12H,1-4,9-10H2. The number of thioether (sulfide) groups is 4. The highest BCUT2D eigenvalue weighted by atomic mass is 33.2. The first kappa shape index (κ1) is 24.5. The largest absolute Gasteiger partial charge is 0.114 e. The van der Waals surface area contributed by atoms with E-state index >= 15 is 0 Å². The summed E-state index contributed by atoms with van der Waals surface area (Å²) in [5, 5.41) is 9.73. The summed E-state index contributed by atoms with van der Waals surface area (Å²) < 4.78 is 0.895. The van der Waals surface area contributed by atoms with Gasteiger partial charge in [0.2, 0.25) is 0 Å². The van der Waals surface area contributed by atoms with Crippen molar-refractivity contribution in [1.82, 2.24) is 0 Å². The fraction of sp³-hybridized carbons (Fsp3) is 0.333. The third-order valence-corrected chi connectivity index (χ3v) is 16.6. The molecule has 0 spiro atoms. The molecule has 0 aromatic rings. The van der Waals surface area contributed by atoms with Gasteiger partial charge in [0.15, 0.2) is 0 Å². The van der Waals surface area contributed by atoms with Gasteiger partial charge in [-0.25, -0.2) is 0 Å². The molecule has 0 unspecified atom stereocenters. The fourth-order valence-corrected chi connectivity index (χ4v) is 15.4. The summed E-state index contributed by atoms with van der Waals surface area (Å²) in [5.74, 6) is 0. The third kappa shape index (κ3) is 16.0. The van der Waals surface area contributed by atoms with Crippen LogP contribution in [0.5, 0.6) is 0 Å². The normalized spacial score (nSPS) is 10.8. The molecule has 0 aliphatic heterocycles. The molecule has 0 aromatic heterocycles. The van der Waals surface area contributed by atoms with Gasteiger partial charge in [-0.3, -0.25) is 0 Å². The molecule has 0 saturated heterocycles. The van der Waals surface area contributed by atoms with E-state index in [-0.39, 0.29) is 0 Å². The van der Waals surface area contributed by atoms with E-state index in [0.29, 0.717) is 7.83 Å². The minimum Gasteiger partial charge on any atom is -0.108 e. The van der Waals surface area contributed by atoms with Gasteiger partial charge >= 0.3 is 0 Å². The van der Waals surface area contributed by atoms with Gasteiger partial charge < -0.3 is 0 Å². The summed E-state index contributed by atoms with van der Waals surface area (Å²) >= 11 is 6.96. The van der Waals surface area contributed by atoms with Crippen molar-refractivity contribution in [1.29, 1.82) is 0 Å². The molecule has 0 N–H and O–H groups in total. The Balaban J connectivity index is 3.52. The van der Waals surface area contributed by atoms with Crippen molar-refractivity contribution in [3.63, 3.8) is 0 Å². The van der Waals surface area contributed by atoms with E-state index in [1.165, 1.54) is 0 Å². The van der Waals surface area contributed by atoms with E-state index in [4.69, 9.17) is 0 Å². The monoisotopic (exact) mass is 482 g/mol. The maximum atomic E-state index is 3.76. The SMILES string of the molecule is C=CSC(SC=C)SSCSSCSSC(SC=C)SC=C. The molecule has 22 heavy (non-hydrogen) atoms. The average molecular weight is 483 g/mol. The number of hydrogen-bond donors (Lipinski definition) is 0. The van der Waals surface area contributed by atoms with Gasteiger partial charge in [0, 0.05) is 0 Å². The second-order valence-electron chi connectivity index (χ2n) is 2.69. The van der Waals surface area contributed by atoms with Crippen molar-refractivity contribution >= 4 is 112 Å². The molecule has 0 amide bonds. The van der Waals surface area contributed by atoms with E-state index in [2.05, 4.69) is 26.3 Å². The van der Waals surface area contributed by atoms with Crippen molar-refractivity contribution in [3.05, 3.63) is 47.9 Å². The van der Waals surface area contributed by atoms with E-state index in [9.17, 15) is 0 Å². The van der Waals surface area contributed by atoms with Gasteiger partial charge in [-0.1, -0.05) is 91.1 Å². The van der Waals surface area contributed by atoms with Crippen LogP contribution in [0.3, 0.4) is 0 Å². The number of hydrogen-bond acceptors (Lipinski definition) is 10. The highest BCUT2D eigenvalue weighted by Gasteiger charge is 2.08. The minimum absolute atomic E-state index is 0.447. The van der Waals surface area contributed by atoms with Crippen molar-refractivity contribution in [2.45, 2.75) is 7.83 Å². The molecule has 126 valence electrons. The van der Waals surface area contributed by atoms with Crippen LogP contribution in [-0.2, 0) is 0 Å². The van der Waals surface area contributed by atoms with Gasteiger partial charge in [-0.15, -0.1) is 47.0 Å². The average Bonchev–Trinajstić information content (AvgIpc) is 2.50. The maximum absolute atomic E-state index is 3.76. The van der Waals surface area contributed by atoms with Crippen molar-refractivity contribution in [2.75, 3.05) is 10.2 Å². The van der Waals surface area contributed by atoms with E-state index in [1.54, 1.807) is 47.0 Å². The van der Waals surface area contributed by atoms with Crippen LogP contribution >= 0.6 is 112 Å². The molecule has 0 radical (unpaired) electrons. The summed E-state index contributed by atoms with van der Waals surface area (Å²) in [7, 11) is 11.4. The zero-order valence-electron chi connectivity index (χ0n) is 11.8. The molecule has 0 heterocycles. The lowest BCUT2D eigenvalue weighted by atomic mass is 11.3. The Bertz CT molecular complexity index is 258. The lowest BCUT2D eigenvalue weighted by molar-refractivity contribution is 2.10. The van der Waals surface area contributed by atoms with Crippen molar-refractivity contribution in [3.8, 4) is 0 Å². The molecule has 0 atom stereocenters. The smallest absolute Gasteiger partial charge is 0.108 e. The Hall–Kier alpha value is 2.46. The van der Waals surface area contributed by atoms with Gasteiger partial charge in [-0.05, 0) is 21.6 Å². The van der Waals surface area contributed by atoms with Crippen molar-refractivity contribution in [2.24, 2.45) is 0 Å². The van der Waals surface area contributed by atoms with Crippen molar-refractivity contribution < 1.29 is 0 Å². The van der Waals surface area contributed by atoms with Gasteiger partial charge in [0.05, 0.1) is 10.2 Å². The quantitative estimate of drug-likeness (QED) is 0.111. The topological polar surface area (TPSA) is 0 Å². The third-order valence-electron chi connectivity index (χ3n) is 1.40. The van der Waals surface area contributed by atoms with Gasteiger partial charge in [0.25, 0.3) is 0 Å². The molecule has 0 aliphatic carbocycles. The lowest BCUT2D eigenvalue weighted by Crippen LogP contribution is -1.82. The highest BCUT2D eigenvalue weighted by Crippen LogP contribution is 2.46. The van der Waals surface area contributed by atoms with Crippen LogP contribution in [0.15, 0.2) is 47.9 Å². The van der Waals surface area contributed by atoms with Crippen LogP contribution < -0.4 is 0 Å². The summed E-state index contributed by atoms with van der Waals surface area (Å²) in [6.07, 6.45) is 0. The van der Waals surface area contributed by atoms with Gasteiger partial charge in [-0.2, -0.15) is 0 Å². The zero-order valence-corrected chi connectivity index (χ0v) is 20.0. The summed E-state index contributed by atoms with van der Waals surface area (Å²) in [6, 6.07) is 0. The van der Waals surface area contributed by atoms with Gasteiger partial charge in [0.1, 0.15) is 7.83 Å². The molecule has 0 aromatic carbocycles. The minimum atomic E-state index is 0.447. The molecular formula is C12H18S10. The Labute approximate surface area is 175 Å². The highest BCUT2D eigenvalue weighted by molar-refractivity contribution is 8.90. The van der Waals surface area contributed by atoms with Crippen LogP contribution in [0, 0.1) is 0 Å². The van der Waals surface area contributed by atoms with E-state index in [0.717, 1.165) is 10.2 Å². The number of rotatable bonds is 17. The molecule has 0 fully saturated rings. The maximum Gasteiger partial charge on any atom is 0.114 e. The first-order valence-corrected chi connectivity index (χ1v) is 16.7. The second-order valence-corrected chi connectivity index (χ2v) is 16.9. The van der Waals surface area contributed by atoms with E-state index in [1.807, 2.05) is 86.4 Å². The second kappa shape index (κ2) is 19.8. The zero-order chi connectivity index (χ0) is 16.5. The van der Waals surface area contributed by atoms with Crippen LogP contribution in [0.2, 0.25) is 0 Å². The Morgan fingerprint density at radius 3 is 1.14 bits per heavy atom. The van der Waals surface area contributed by atoms with Crippen LogP contribution in [-0.4, -0.2) is 18.0 Å². The summed E-state index contributed by atoms with van der Waals surface area (Å²) in [4.78, 5) is 0. The molecule has 0 nitrogen and oxygen atoms in total. The lowest BCUT2D eigenvalue weighted by Gasteiger charge is -2.10. The first-order chi connectivity index (χ1) is 10.8. The summed E-state index contributed by atoms with van der Waals surface area (Å²) in [6.45, 7) is 15.1. The van der Waals surface area contributed by atoms with Crippen LogP contribution in [0.1, 0.15) is 0 Å². The van der Waals surface area contributed by atoms with Crippen LogP contribution in [0.4, 0.5) is 0 Å². The molecule has 10 heteroatoms. The molecule has 0 rings (SSSR count). The predicted molar refractivity (Wildman–Crippen MR) is 134 cm³/mol. The Morgan fingerprint density at radius 2 is 0.864 bits per heavy atom. The molecule has 0 saturated carbocycles. The van der Waals surface area contributed by atoms with Crippen LogP contribution in [0.25, 0.3) is 0 Å². The Kier molecular flexibility index (Phi) is 22.0. The first-order valence-electron chi connectivity index (χ1n) is 5.64. The molecular weight excluding hydrogens is 465 g/mol. The predicted octanol–water partition coefficient (Wildman–Crippen LogP) is 9.12. The molecule has 0 aliphatic rings. The Morgan fingerprint density at radius 1 is 0.545 bits per heavy atom. The fourth-order valence-electron chi connectivity index (χ4n) is 0.743. The van der Waals surface area contributed by atoms with E-state index < -0.39 is 0 Å². The molecule has 0 bridgehead atoms.